The number of hydrogen-bond donors (Lipinski definition) is 3. The molecule has 29 heavy (non-hydrogen) atoms. The van der Waals surface area contributed by atoms with E-state index in [2.05, 4.69) is 10.1 Å². The number of alkyl halides is 3. The Bertz CT molecular complexity index is 895. The quantitative estimate of drug-likeness (QED) is 0.611. The van der Waals surface area contributed by atoms with E-state index < -0.39 is 35.8 Å². The average Bonchev–Trinajstić information content (AvgIpc) is 3.07. The van der Waals surface area contributed by atoms with Gasteiger partial charge in [-0.3, -0.25) is 0 Å². The number of nitriles is 1. The van der Waals surface area contributed by atoms with Crippen molar-refractivity contribution >= 4 is 11.9 Å². The maximum absolute atomic E-state index is 12.8. The SMILES string of the molecule is Cc1cc([C@@H](CCN)Oc2nc(C(F)(F)F)ccc2C#N)no1.O=C(O)C(=O)O. The number of carbonyl (C=O) groups is 2. The molecule has 2 heterocycles. The number of rotatable bonds is 5. The van der Waals surface area contributed by atoms with Gasteiger partial charge in [-0.2, -0.15) is 18.4 Å². The largest absolute Gasteiger partial charge is 0.473 e. The van der Waals surface area contributed by atoms with E-state index in [0.717, 1.165) is 12.1 Å². The molecule has 4 N–H and O–H groups in total. The van der Waals surface area contributed by atoms with Crippen molar-refractivity contribution in [3.63, 3.8) is 0 Å². The fourth-order valence-electron chi connectivity index (χ4n) is 1.86. The first-order valence-corrected chi connectivity index (χ1v) is 7.74. The zero-order valence-electron chi connectivity index (χ0n) is 14.8. The molecule has 0 aliphatic rings. The van der Waals surface area contributed by atoms with E-state index in [4.69, 9.17) is 40.1 Å². The highest BCUT2D eigenvalue weighted by atomic mass is 19.4. The number of halogens is 3. The lowest BCUT2D eigenvalue weighted by Crippen LogP contribution is -2.16. The van der Waals surface area contributed by atoms with E-state index in [9.17, 15) is 13.2 Å². The van der Waals surface area contributed by atoms with E-state index in [1.165, 1.54) is 0 Å². The van der Waals surface area contributed by atoms with Crippen LogP contribution in [0.4, 0.5) is 13.2 Å². The third-order valence-corrected chi connectivity index (χ3v) is 3.11. The fourth-order valence-corrected chi connectivity index (χ4v) is 1.86. The summed E-state index contributed by atoms with van der Waals surface area (Å²) >= 11 is 0. The Balaban J connectivity index is 0.000000612. The van der Waals surface area contributed by atoms with Gasteiger partial charge in [-0.1, -0.05) is 5.16 Å². The molecular formula is C16H15F3N4O6. The highest BCUT2D eigenvalue weighted by Gasteiger charge is 2.34. The van der Waals surface area contributed by atoms with Gasteiger partial charge in [0.15, 0.2) is 0 Å². The number of aliphatic carboxylic acids is 2. The molecule has 10 nitrogen and oxygen atoms in total. The van der Waals surface area contributed by atoms with Crippen LogP contribution >= 0.6 is 0 Å². The molecule has 0 amide bonds. The number of nitrogens with two attached hydrogens (primary N) is 1. The highest BCUT2D eigenvalue weighted by Crippen LogP contribution is 2.32. The van der Waals surface area contributed by atoms with Crippen LogP contribution in [0.25, 0.3) is 0 Å². The lowest BCUT2D eigenvalue weighted by atomic mass is 10.1. The molecule has 0 aliphatic heterocycles. The summed E-state index contributed by atoms with van der Waals surface area (Å²) in [6.45, 7) is 1.87. The van der Waals surface area contributed by atoms with E-state index in [0.29, 0.717) is 11.5 Å². The van der Waals surface area contributed by atoms with Crippen LogP contribution in [0.5, 0.6) is 5.88 Å². The van der Waals surface area contributed by atoms with E-state index in [1.54, 1.807) is 19.1 Å². The van der Waals surface area contributed by atoms with Gasteiger partial charge in [-0.15, -0.1) is 0 Å². The predicted octanol–water partition coefficient (Wildman–Crippen LogP) is 1.89. The number of aryl methyl sites for hydroxylation is 1. The van der Waals surface area contributed by atoms with E-state index in [1.807, 2.05) is 0 Å². The van der Waals surface area contributed by atoms with Gasteiger partial charge in [0.25, 0.3) is 0 Å². The number of nitrogens with zero attached hydrogens (tertiary/aromatic N) is 3. The molecule has 0 bridgehead atoms. The first kappa shape index (κ1) is 23.4. The van der Waals surface area contributed by atoms with Gasteiger partial charge in [0.05, 0.1) is 0 Å². The molecule has 156 valence electrons. The minimum Gasteiger partial charge on any atom is -0.473 e. The Labute approximate surface area is 161 Å². The Kier molecular flexibility index (Phi) is 8.09. The van der Waals surface area contributed by atoms with Crippen molar-refractivity contribution in [2.45, 2.75) is 25.6 Å². The Hall–Kier alpha value is -3.66. The van der Waals surface area contributed by atoms with Crippen molar-refractivity contribution in [3.05, 3.63) is 40.9 Å². The fraction of sp³-hybridized carbons (Fsp3) is 0.312. The van der Waals surface area contributed by atoms with E-state index >= 15 is 0 Å². The molecule has 2 aromatic heterocycles. The Morgan fingerprint density at radius 3 is 2.38 bits per heavy atom. The van der Waals surface area contributed by atoms with Gasteiger partial charge in [0, 0.05) is 12.5 Å². The monoisotopic (exact) mass is 416 g/mol. The molecule has 0 aliphatic carbocycles. The molecule has 0 saturated heterocycles. The van der Waals surface area contributed by atoms with Gasteiger partial charge < -0.3 is 25.2 Å². The van der Waals surface area contributed by atoms with Gasteiger partial charge >= 0.3 is 18.1 Å². The van der Waals surface area contributed by atoms with Crippen molar-refractivity contribution in [3.8, 4) is 11.9 Å². The van der Waals surface area contributed by atoms with Crippen molar-refractivity contribution in [1.82, 2.24) is 10.1 Å². The van der Waals surface area contributed by atoms with Gasteiger partial charge in [0.2, 0.25) is 5.88 Å². The molecule has 2 rings (SSSR count). The summed E-state index contributed by atoms with van der Waals surface area (Å²) in [6, 6.07) is 5.07. The Morgan fingerprint density at radius 2 is 1.97 bits per heavy atom. The first-order valence-electron chi connectivity index (χ1n) is 7.74. The summed E-state index contributed by atoms with van der Waals surface area (Å²) in [5, 5.41) is 27.6. The molecule has 13 heteroatoms. The van der Waals surface area contributed by atoms with Crippen LogP contribution in [0.2, 0.25) is 0 Å². The maximum atomic E-state index is 12.8. The van der Waals surface area contributed by atoms with Crippen LogP contribution in [0.15, 0.2) is 22.7 Å². The zero-order valence-corrected chi connectivity index (χ0v) is 14.8. The van der Waals surface area contributed by atoms with Gasteiger partial charge in [-0.25, -0.2) is 14.6 Å². The van der Waals surface area contributed by atoms with Crippen LogP contribution < -0.4 is 10.5 Å². The summed E-state index contributed by atoms with van der Waals surface area (Å²) in [4.78, 5) is 21.6. The molecule has 0 fully saturated rings. The lowest BCUT2D eigenvalue weighted by Gasteiger charge is -2.17. The number of carboxylic acid groups (broad SMARTS) is 2. The smallest absolute Gasteiger partial charge is 0.433 e. The minimum atomic E-state index is -4.64. The number of ether oxygens (including phenoxy) is 1. The predicted molar refractivity (Wildman–Crippen MR) is 87.5 cm³/mol. The summed E-state index contributed by atoms with van der Waals surface area (Å²) in [5.41, 5.74) is 4.61. The molecule has 0 spiro atoms. The normalized spacial score (nSPS) is 11.6. The van der Waals surface area contributed by atoms with E-state index in [-0.39, 0.29) is 18.5 Å². The zero-order chi connectivity index (χ0) is 22.2. The van der Waals surface area contributed by atoms with Crippen LogP contribution in [-0.2, 0) is 15.8 Å². The molecule has 0 radical (unpaired) electrons. The molecular weight excluding hydrogens is 401 g/mol. The summed E-state index contributed by atoms with van der Waals surface area (Å²) in [7, 11) is 0. The van der Waals surface area contributed by atoms with Crippen molar-refractivity contribution in [2.24, 2.45) is 5.73 Å². The number of aromatic nitrogens is 2. The number of hydrogen-bond acceptors (Lipinski definition) is 8. The minimum absolute atomic E-state index is 0.111. The third kappa shape index (κ3) is 7.11. The molecule has 1 atom stereocenters. The maximum Gasteiger partial charge on any atom is 0.433 e. The molecule has 0 unspecified atom stereocenters. The Morgan fingerprint density at radius 1 is 1.34 bits per heavy atom. The summed E-state index contributed by atoms with van der Waals surface area (Å²) in [5.74, 6) is -3.55. The average molecular weight is 416 g/mol. The number of pyridine rings is 1. The van der Waals surface area contributed by atoms with Crippen molar-refractivity contribution < 1.29 is 42.2 Å². The second-order valence-corrected chi connectivity index (χ2v) is 5.32. The first-order chi connectivity index (χ1) is 13.5. The molecule has 0 saturated carbocycles. The summed E-state index contributed by atoms with van der Waals surface area (Å²) < 4.78 is 48.7. The standard InChI is InChI=1S/C14H13F3N4O2.C2H2O4/c1-8-6-10(21-23-8)11(4-5-18)22-13-9(7-19)2-3-12(20-13)14(15,16)17;3-1(4)2(5)6/h2-3,6,11H,4-5,18H2,1H3;(H,3,4)(H,5,6)/t11-;/m1./s1. The molecule has 2 aromatic rings. The van der Waals surface area contributed by atoms with Crippen LogP contribution in [-0.4, -0.2) is 38.8 Å². The number of carboxylic acids is 2. The second-order valence-electron chi connectivity index (χ2n) is 5.32. The van der Waals surface area contributed by atoms with Gasteiger partial charge in [0.1, 0.15) is 34.9 Å². The lowest BCUT2D eigenvalue weighted by molar-refractivity contribution is -0.159. The van der Waals surface area contributed by atoms with Crippen LogP contribution in [0, 0.1) is 18.3 Å². The van der Waals surface area contributed by atoms with Crippen molar-refractivity contribution in [2.75, 3.05) is 6.54 Å². The van der Waals surface area contributed by atoms with Crippen molar-refractivity contribution in [1.29, 1.82) is 5.26 Å². The molecule has 0 aromatic carbocycles. The van der Waals surface area contributed by atoms with Gasteiger partial charge in [-0.05, 0) is 25.6 Å². The highest BCUT2D eigenvalue weighted by molar-refractivity contribution is 6.27. The van der Waals surface area contributed by atoms with Crippen LogP contribution in [0.3, 0.4) is 0 Å². The second kappa shape index (κ2) is 10.0. The topological polar surface area (TPSA) is 173 Å². The third-order valence-electron chi connectivity index (χ3n) is 3.11. The summed E-state index contributed by atoms with van der Waals surface area (Å²) in [6.07, 6.45) is -5.13. The van der Waals surface area contributed by atoms with Crippen LogP contribution in [0.1, 0.15) is 35.2 Å².